The van der Waals surface area contributed by atoms with Gasteiger partial charge in [0.05, 0.1) is 6.61 Å². The van der Waals surface area contributed by atoms with Gasteiger partial charge < -0.3 is 19.8 Å². The fourth-order valence-electron chi connectivity index (χ4n) is 4.69. The molecule has 0 aliphatic carbocycles. The van der Waals surface area contributed by atoms with Crippen molar-refractivity contribution in [2.45, 2.75) is 37.5 Å². The van der Waals surface area contributed by atoms with Gasteiger partial charge in [0.25, 0.3) is 0 Å². The van der Waals surface area contributed by atoms with Crippen LogP contribution in [0, 0.1) is 0 Å². The molecule has 0 radical (unpaired) electrons. The lowest BCUT2D eigenvalue weighted by atomic mass is 9.69. The largest absolute Gasteiger partial charge is 0.508 e. The summed E-state index contributed by atoms with van der Waals surface area (Å²) in [5, 5.41) is 19.6. The third kappa shape index (κ3) is 4.49. The first-order valence-electron chi connectivity index (χ1n) is 10.8. The maximum atomic E-state index is 13.2. The molecule has 1 fully saturated rings. The van der Waals surface area contributed by atoms with Crippen molar-refractivity contribution in [3.05, 3.63) is 53.6 Å². The zero-order valence-corrected chi connectivity index (χ0v) is 18.4. The van der Waals surface area contributed by atoms with Crippen LogP contribution in [-0.4, -0.2) is 57.1 Å². The van der Waals surface area contributed by atoms with Crippen molar-refractivity contribution in [2.75, 3.05) is 37.7 Å². The molecule has 2 heterocycles. The number of aromatic hydroxyl groups is 2. The maximum absolute atomic E-state index is 13.2. The number of hydrogen-bond acceptors (Lipinski definition) is 5. The number of hydrogen-bond donors (Lipinski definition) is 2. The van der Waals surface area contributed by atoms with Gasteiger partial charge >= 0.3 is 0 Å². The Kier molecular flexibility index (Phi) is 6.34. The normalized spacial score (nSPS) is 25.3. The molecule has 5 nitrogen and oxygen atoms in total. The highest BCUT2D eigenvalue weighted by Crippen LogP contribution is 2.47. The van der Waals surface area contributed by atoms with E-state index in [4.69, 9.17) is 4.74 Å². The van der Waals surface area contributed by atoms with Gasteiger partial charge in [-0.25, -0.2) is 0 Å². The number of ether oxygens (including phenoxy) is 1. The molecule has 3 unspecified atom stereocenters. The van der Waals surface area contributed by atoms with Gasteiger partial charge in [0.1, 0.15) is 17.2 Å². The SMILES string of the molecule is CC1(c2ccc(O)cc2)COc2cc(O)ccc2C1CS(=O)CCN1CCCCC1. The number of phenolic OH excluding ortho intramolecular Hbond substituents is 2. The summed E-state index contributed by atoms with van der Waals surface area (Å²) in [6, 6.07) is 12.5. The van der Waals surface area contributed by atoms with Crippen molar-refractivity contribution in [1.29, 1.82) is 0 Å². The summed E-state index contributed by atoms with van der Waals surface area (Å²) < 4.78 is 19.2. The Morgan fingerprint density at radius 3 is 2.50 bits per heavy atom. The van der Waals surface area contributed by atoms with Crippen LogP contribution in [0.5, 0.6) is 17.2 Å². The minimum atomic E-state index is -0.966. The van der Waals surface area contributed by atoms with Gasteiger partial charge in [-0.2, -0.15) is 0 Å². The predicted molar refractivity (Wildman–Crippen MR) is 120 cm³/mol. The van der Waals surface area contributed by atoms with E-state index in [9.17, 15) is 14.4 Å². The van der Waals surface area contributed by atoms with Crippen LogP contribution in [0.4, 0.5) is 0 Å². The number of likely N-dealkylation sites (tertiary alicyclic amines) is 1. The standard InChI is InChI=1S/C24H31NO4S/c1-24(18-5-7-19(26)8-6-18)17-29-23-15-20(27)9-10-21(23)22(24)16-30(28)14-13-25-11-3-2-4-12-25/h5-10,15,22,26-27H,2-4,11-14,16-17H2,1H3. The van der Waals surface area contributed by atoms with Gasteiger partial charge in [0.2, 0.25) is 0 Å². The predicted octanol–water partition coefficient (Wildman–Crippen LogP) is 3.77. The molecule has 0 bridgehead atoms. The molecule has 0 aromatic heterocycles. The summed E-state index contributed by atoms with van der Waals surface area (Å²) in [5.41, 5.74) is 1.66. The molecular weight excluding hydrogens is 398 g/mol. The zero-order valence-electron chi connectivity index (χ0n) is 17.5. The Morgan fingerprint density at radius 1 is 1.07 bits per heavy atom. The molecule has 162 valence electrons. The van der Waals surface area contributed by atoms with Crippen LogP contribution in [0.15, 0.2) is 42.5 Å². The summed E-state index contributed by atoms with van der Waals surface area (Å²) in [4.78, 5) is 2.43. The first kappa shape index (κ1) is 21.2. The van der Waals surface area contributed by atoms with Gasteiger partial charge in [0, 0.05) is 46.2 Å². The molecule has 6 heteroatoms. The molecule has 1 saturated heterocycles. The molecule has 3 atom stereocenters. The zero-order chi connectivity index (χ0) is 21.1. The second-order valence-corrected chi connectivity index (χ2v) is 10.4. The summed E-state index contributed by atoms with van der Waals surface area (Å²) in [6.07, 6.45) is 3.78. The molecule has 2 aliphatic heterocycles. The molecule has 2 aromatic rings. The lowest BCUT2D eigenvalue weighted by molar-refractivity contribution is 0.176. The molecule has 2 N–H and O–H groups in total. The van der Waals surface area contributed by atoms with Gasteiger partial charge in [-0.15, -0.1) is 0 Å². The first-order valence-corrected chi connectivity index (χ1v) is 12.3. The fourth-order valence-corrected chi connectivity index (χ4v) is 6.24. The fraction of sp³-hybridized carbons (Fsp3) is 0.500. The summed E-state index contributed by atoms with van der Waals surface area (Å²) in [5.74, 6) is 2.29. The van der Waals surface area contributed by atoms with Crippen molar-refractivity contribution >= 4 is 10.8 Å². The number of nitrogens with zero attached hydrogens (tertiary/aromatic N) is 1. The molecule has 30 heavy (non-hydrogen) atoms. The Bertz CT molecular complexity index is 895. The van der Waals surface area contributed by atoms with Gasteiger partial charge in [-0.05, 0) is 55.3 Å². The summed E-state index contributed by atoms with van der Waals surface area (Å²) in [7, 11) is -0.966. The molecule has 0 saturated carbocycles. The van der Waals surface area contributed by atoms with Gasteiger partial charge in [0.15, 0.2) is 0 Å². The van der Waals surface area contributed by atoms with E-state index in [0.717, 1.165) is 30.8 Å². The summed E-state index contributed by atoms with van der Waals surface area (Å²) in [6.45, 7) is 5.68. The van der Waals surface area contributed by atoms with E-state index in [2.05, 4.69) is 11.8 Å². The smallest absolute Gasteiger partial charge is 0.126 e. The van der Waals surface area contributed by atoms with Crippen LogP contribution in [0.3, 0.4) is 0 Å². The second kappa shape index (κ2) is 8.98. The lowest BCUT2D eigenvalue weighted by Crippen LogP contribution is -2.43. The number of piperidine rings is 1. The third-order valence-corrected chi connectivity index (χ3v) is 7.98. The summed E-state index contributed by atoms with van der Waals surface area (Å²) >= 11 is 0. The van der Waals surface area contributed by atoms with Crippen molar-refractivity contribution in [1.82, 2.24) is 4.90 Å². The number of fused-ring (bicyclic) bond motifs is 1. The average Bonchev–Trinajstić information content (AvgIpc) is 2.75. The van der Waals surface area contributed by atoms with Crippen LogP contribution in [0.2, 0.25) is 0 Å². The van der Waals surface area contributed by atoms with Gasteiger partial charge in [-0.3, -0.25) is 4.21 Å². The van der Waals surface area contributed by atoms with Crippen LogP contribution >= 0.6 is 0 Å². The Labute approximate surface area is 181 Å². The number of rotatable bonds is 6. The van der Waals surface area contributed by atoms with E-state index >= 15 is 0 Å². The number of phenols is 2. The molecule has 2 aromatic carbocycles. The minimum Gasteiger partial charge on any atom is -0.508 e. The minimum absolute atomic E-state index is 0.00594. The van der Waals surface area contributed by atoms with E-state index in [-0.39, 0.29) is 22.8 Å². The Balaban J connectivity index is 1.58. The van der Waals surface area contributed by atoms with Crippen molar-refractivity contribution < 1.29 is 19.2 Å². The van der Waals surface area contributed by atoms with E-state index in [0.29, 0.717) is 23.9 Å². The first-order chi connectivity index (χ1) is 14.5. The Morgan fingerprint density at radius 2 is 1.77 bits per heavy atom. The van der Waals surface area contributed by atoms with Crippen LogP contribution < -0.4 is 4.74 Å². The average molecular weight is 430 g/mol. The van der Waals surface area contributed by atoms with E-state index < -0.39 is 10.8 Å². The molecular formula is C24H31NO4S. The maximum Gasteiger partial charge on any atom is 0.126 e. The molecule has 0 spiro atoms. The monoisotopic (exact) mass is 429 g/mol. The van der Waals surface area contributed by atoms with Crippen LogP contribution in [-0.2, 0) is 16.2 Å². The lowest BCUT2D eigenvalue weighted by Gasteiger charge is -2.42. The second-order valence-electron chi connectivity index (χ2n) is 8.74. The Hall–Kier alpha value is -2.05. The van der Waals surface area contributed by atoms with E-state index in [1.165, 1.54) is 19.3 Å². The molecule has 2 aliphatic rings. The van der Waals surface area contributed by atoms with Crippen LogP contribution in [0.25, 0.3) is 0 Å². The topological polar surface area (TPSA) is 70.0 Å². The number of benzene rings is 2. The van der Waals surface area contributed by atoms with Crippen LogP contribution in [0.1, 0.15) is 43.2 Å². The highest BCUT2D eigenvalue weighted by molar-refractivity contribution is 7.85. The quantitative estimate of drug-likeness (QED) is 0.732. The van der Waals surface area contributed by atoms with E-state index in [1.807, 2.05) is 18.2 Å². The van der Waals surface area contributed by atoms with E-state index in [1.54, 1.807) is 24.3 Å². The van der Waals surface area contributed by atoms with Gasteiger partial charge in [-0.1, -0.05) is 31.5 Å². The molecule has 0 amide bonds. The third-order valence-electron chi connectivity index (χ3n) is 6.63. The highest BCUT2D eigenvalue weighted by atomic mass is 32.2. The van der Waals surface area contributed by atoms with Crippen molar-refractivity contribution in [3.8, 4) is 17.2 Å². The highest BCUT2D eigenvalue weighted by Gasteiger charge is 2.43. The van der Waals surface area contributed by atoms with Crippen molar-refractivity contribution in [3.63, 3.8) is 0 Å². The van der Waals surface area contributed by atoms with Crippen molar-refractivity contribution in [2.24, 2.45) is 0 Å². The molecule has 4 rings (SSSR count).